The van der Waals surface area contributed by atoms with Crippen LogP contribution in [0.1, 0.15) is 23.6 Å². The number of carbonyl (C=O) groups is 1. The molecule has 0 radical (unpaired) electrons. The maximum absolute atomic E-state index is 12.9. The second kappa shape index (κ2) is 8.37. The van der Waals surface area contributed by atoms with Crippen molar-refractivity contribution in [2.45, 2.75) is 18.9 Å². The van der Waals surface area contributed by atoms with Gasteiger partial charge in [0, 0.05) is 36.6 Å². The van der Waals surface area contributed by atoms with Gasteiger partial charge in [0.15, 0.2) is 0 Å². The van der Waals surface area contributed by atoms with Crippen LogP contribution in [0.4, 0.5) is 0 Å². The highest BCUT2D eigenvalue weighted by Crippen LogP contribution is 2.30. The number of nitrogens with zero attached hydrogens (tertiary/aromatic N) is 1. The molecule has 0 spiro atoms. The average molecular weight is 359 g/mol. The predicted octanol–water partition coefficient (Wildman–Crippen LogP) is 3.45. The van der Waals surface area contributed by atoms with Crippen molar-refractivity contribution in [3.05, 3.63) is 64.7 Å². The van der Waals surface area contributed by atoms with E-state index in [0.29, 0.717) is 19.4 Å². The number of hydrogen-bond donors (Lipinski definition) is 1. The number of amides is 1. The van der Waals surface area contributed by atoms with E-state index in [9.17, 15) is 4.79 Å². The van der Waals surface area contributed by atoms with Crippen LogP contribution in [0.3, 0.4) is 0 Å². The van der Waals surface area contributed by atoms with Crippen LogP contribution in [0.25, 0.3) is 0 Å². The number of nitrogens with one attached hydrogen (secondary N) is 1. The van der Waals surface area contributed by atoms with Crippen LogP contribution >= 0.6 is 11.6 Å². The van der Waals surface area contributed by atoms with E-state index in [1.54, 1.807) is 7.11 Å². The number of halogens is 1. The number of hydrogen-bond acceptors (Lipinski definition) is 3. The molecule has 132 valence electrons. The Balaban J connectivity index is 1.74. The molecule has 1 atom stereocenters. The summed E-state index contributed by atoms with van der Waals surface area (Å²) in [6.07, 6.45) is 1.11. The molecule has 25 heavy (non-hydrogen) atoms. The van der Waals surface area contributed by atoms with Gasteiger partial charge in [-0.15, -0.1) is 0 Å². The third-order valence-corrected chi connectivity index (χ3v) is 5.00. The lowest BCUT2D eigenvalue weighted by molar-refractivity contribution is -0.134. The SMILES string of the molecule is COc1ccccc1C1CNCCN1C(=O)CCc1ccccc1Cl. The maximum atomic E-state index is 12.9. The molecule has 1 N–H and O–H groups in total. The predicted molar refractivity (Wildman–Crippen MR) is 100 cm³/mol. The number of methoxy groups -OCH3 is 1. The van der Waals surface area contributed by atoms with E-state index in [2.05, 4.69) is 5.32 Å². The van der Waals surface area contributed by atoms with Crippen molar-refractivity contribution in [2.75, 3.05) is 26.7 Å². The summed E-state index contributed by atoms with van der Waals surface area (Å²) in [5, 5.41) is 4.10. The van der Waals surface area contributed by atoms with E-state index in [0.717, 1.165) is 35.0 Å². The molecule has 2 aromatic carbocycles. The highest BCUT2D eigenvalue weighted by Gasteiger charge is 2.29. The lowest BCUT2D eigenvalue weighted by Gasteiger charge is -2.37. The number of para-hydroxylation sites is 1. The first kappa shape index (κ1) is 17.8. The molecule has 4 nitrogen and oxygen atoms in total. The molecule has 1 aliphatic heterocycles. The van der Waals surface area contributed by atoms with Gasteiger partial charge in [-0.3, -0.25) is 4.79 Å². The molecule has 5 heteroatoms. The van der Waals surface area contributed by atoms with E-state index < -0.39 is 0 Å². The van der Waals surface area contributed by atoms with Crippen molar-refractivity contribution in [3.8, 4) is 5.75 Å². The molecule has 0 aromatic heterocycles. The van der Waals surface area contributed by atoms with E-state index in [1.807, 2.05) is 53.4 Å². The number of aryl methyl sites for hydroxylation is 1. The topological polar surface area (TPSA) is 41.6 Å². The Morgan fingerprint density at radius 1 is 1.24 bits per heavy atom. The Hall–Kier alpha value is -2.04. The molecular weight excluding hydrogens is 336 g/mol. The standard InChI is InChI=1S/C20H23ClN2O2/c1-25-19-9-5-3-7-16(19)18-14-22-12-13-23(18)20(24)11-10-15-6-2-4-8-17(15)21/h2-9,18,22H,10-14H2,1H3. The van der Waals surface area contributed by atoms with Gasteiger partial charge in [0.05, 0.1) is 13.2 Å². The van der Waals surface area contributed by atoms with E-state index >= 15 is 0 Å². The molecule has 1 saturated heterocycles. The van der Waals surface area contributed by atoms with E-state index in [-0.39, 0.29) is 11.9 Å². The zero-order valence-electron chi connectivity index (χ0n) is 14.4. The van der Waals surface area contributed by atoms with Crippen LogP contribution in [0.2, 0.25) is 5.02 Å². The second-order valence-corrected chi connectivity index (χ2v) is 6.55. The van der Waals surface area contributed by atoms with Crippen molar-refractivity contribution in [1.82, 2.24) is 10.2 Å². The fraction of sp³-hybridized carbons (Fsp3) is 0.350. The summed E-state index contributed by atoms with van der Waals surface area (Å²) in [6.45, 7) is 2.24. The fourth-order valence-electron chi connectivity index (χ4n) is 3.31. The first-order chi connectivity index (χ1) is 12.2. The highest BCUT2D eigenvalue weighted by molar-refractivity contribution is 6.31. The number of rotatable bonds is 5. The van der Waals surface area contributed by atoms with Gasteiger partial charge >= 0.3 is 0 Å². The summed E-state index contributed by atoms with van der Waals surface area (Å²) in [6, 6.07) is 15.6. The summed E-state index contributed by atoms with van der Waals surface area (Å²) in [5.74, 6) is 0.970. The second-order valence-electron chi connectivity index (χ2n) is 6.14. The molecule has 0 bridgehead atoms. The molecule has 1 unspecified atom stereocenters. The van der Waals surface area contributed by atoms with Gasteiger partial charge in [0.1, 0.15) is 5.75 Å². The largest absolute Gasteiger partial charge is 0.496 e. The number of benzene rings is 2. The first-order valence-electron chi connectivity index (χ1n) is 8.57. The Kier molecular flexibility index (Phi) is 5.95. The van der Waals surface area contributed by atoms with Crippen molar-refractivity contribution in [2.24, 2.45) is 0 Å². The van der Waals surface area contributed by atoms with Gasteiger partial charge in [-0.25, -0.2) is 0 Å². The number of piperazine rings is 1. The zero-order chi connectivity index (χ0) is 17.6. The minimum Gasteiger partial charge on any atom is -0.496 e. The molecule has 1 fully saturated rings. The van der Waals surface area contributed by atoms with Crippen molar-refractivity contribution < 1.29 is 9.53 Å². The summed E-state index contributed by atoms with van der Waals surface area (Å²) in [7, 11) is 1.67. The lowest BCUT2D eigenvalue weighted by Crippen LogP contribution is -2.48. The van der Waals surface area contributed by atoms with Crippen molar-refractivity contribution in [3.63, 3.8) is 0 Å². The fourth-order valence-corrected chi connectivity index (χ4v) is 3.54. The summed E-state index contributed by atoms with van der Waals surface area (Å²) < 4.78 is 5.49. The first-order valence-corrected chi connectivity index (χ1v) is 8.95. The molecule has 1 heterocycles. The van der Waals surface area contributed by atoms with Crippen LogP contribution in [-0.4, -0.2) is 37.6 Å². The van der Waals surface area contributed by atoms with Crippen LogP contribution in [0, 0.1) is 0 Å². The van der Waals surface area contributed by atoms with Crippen molar-refractivity contribution >= 4 is 17.5 Å². The van der Waals surface area contributed by atoms with Crippen molar-refractivity contribution in [1.29, 1.82) is 0 Å². The van der Waals surface area contributed by atoms with Gasteiger partial charge in [-0.05, 0) is 24.1 Å². The molecule has 2 aromatic rings. The third-order valence-electron chi connectivity index (χ3n) is 4.63. The summed E-state index contributed by atoms with van der Waals surface area (Å²) in [5.41, 5.74) is 2.06. The number of ether oxygens (including phenoxy) is 1. The van der Waals surface area contributed by atoms with Gasteiger partial charge in [-0.2, -0.15) is 0 Å². The molecule has 1 aliphatic rings. The number of carbonyl (C=O) groups excluding carboxylic acids is 1. The highest BCUT2D eigenvalue weighted by atomic mass is 35.5. The van der Waals surface area contributed by atoms with E-state index in [1.165, 1.54) is 0 Å². The minimum atomic E-state index is -0.0105. The van der Waals surface area contributed by atoms with Gasteiger partial charge in [0.2, 0.25) is 5.91 Å². The Morgan fingerprint density at radius 2 is 2.00 bits per heavy atom. The van der Waals surface area contributed by atoms with Crippen LogP contribution in [-0.2, 0) is 11.2 Å². The van der Waals surface area contributed by atoms with Crippen LogP contribution in [0.15, 0.2) is 48.5 Å². The van der Waals surface area contributed by atoms with Gasteiger partial charge in [0.25, 0.3) is 0 Å². The zero-order valence-corrected chi connectivity index (χ0v) is 15.1. The smallest absolute Gasteiger partial charge is 0.223 e. The summed E-state index contributed by atoms with van der Waals surface area (Å²) in [4.78, 5) is 14.8. The Labute approximate surface area is 153 Å². The molecular formula is C20H23ClN2O2. The minimum absolute atomic E-state index is 0.0105. The summed E-state index contributed by atoms with van der Waals surface area (Å²) >= 11 is 6.21. The van der Waals surface area contributed by atoms with Crippen LogP contribution in [0.5, 0.6) is 5.75 Å². The third kappa shape index (κ3) is 4.14. The quantitative estimate of drug-likeness (QED) is 0.890. The normalized spacial score (nSPS) is 17.4. The van der Waals surface area contributed by atoms with Gasteiger partial charge in [-0.1, -0.05) is 48.0 Å². The molecule has 3 rings (SSSR count). The Bertz CT molecular complexity index is 735. The lowest BCUT2D eigenvalue weighted by atomic mass is 10.0. The Morgan fingerprint density at radius 3 is 2.80 bits per heavy atom. The molecule has 0 aliphatic carbocycles. The monoisotopic (exact) mass is 358 g/mol. The van der Waals surface area contributed by atoms with E-state index in [4.69, 9.17) is 16.3 Å². The van der Waals surface area contributed by atoms with Crippen LogP contribution < -0.4 is 10.1 Å². The van der Waals surface area contributed by atoms with Gasteiger partial charge < -0.3 is 15.0 Å². The molecule has 0 saturated carbocycles. The average Bonchev–Trinajstić information content (AvgIpc) is 2.67. The molecule has 1 amide bonds. The maximum Gasteiger partial charge on any atom is 0.223 e.